The highest BCUT2D eigenvalue weighted by Crippen LogP contribution is 2.49. The van der Waals surface area contributed by atoms with Gasteiger partial charge in [-0.3, -0.25) is 4.90 Å². The van der Waals surface area contributed by atoms with Crippen molar-refractivity contribution in [2.24, 2.45) is 5.92 Å². The van der Waals surface area contributed by atoms with E-state index in [-0.39, 0.29) is 0 Å². The largest absolute Gasteiger partial charge is 0.298 e. The summed E-state index contributed by atoms with van der Waals surface area (Å²) in [4.78, 5) is 2.60. The van der Waals surface area contributed by atoms with Crippen LogP contribution in [0.1, 0.15) is 50.2 Å². The van der Waals surface area contributed by atoms with Crippen LogP contribution in [0.2, 0.25) is 0 Å². The molecule has 2 aromatic carbocycles. The molecule has 0 radical (unpaired) electrons. The standard InChI is InChI=1S/C24H28N2/c1-23-14-13-22(26(23)2)15-19(16-23)17-24(18-25,20-9-5-3-6-10-20)21-11-7-4-8-12-21/h3-12,19,22H,13-17H2,1-2H3/t19-,22+,23-/m0/s1. The summed E-state index contributed by atoms with van der Waals surface area (Å²) in [5.41, 5.74) is 2.01. The van der Waals surface area contributed by atoms with E-state index in [2.05, 4.69) is 73.5 Å². The molecule has 4 rings (SSSR count). The van der Waals surface area contributed by atoms with Crippen molar-refractivity contribution >= 4 is 0 Å². The summed E-state index contributed by atoms with van der Waals surface area (Å²) in [6.07, 6.45) is 5.93. The fraction of sp³-hybridized carbons (Fsp3) is 0.458. The van der Waals surface area contributed by atoms with E-state index in [0.29, 0.717) is 17.5 Å². The molecule has 2 fully saturated rings. The molecular weight excluding hydrogens is 316 g/mol. The van der Waals surface area contributed by atoms with Gasteiger partial charge in [0.25, 0.3) is 0 Å². The highest BCUT2D eigenvalue weighted by molar-refractivity contribution is 5.46. The summed E-state index contributed by atoms with van der Waals surface area (Å²) >= 11 is 0. The molecule has 2 heteroatoms. The minimum atomic E-state index is -0.557. The van der Waals surface area contributed by atoms with Gasteiger partial charge in [0.1, 0.15) is 5.41 Å². The summed E-state index contributed by atoms with van der Waals surface area (Å²) in [5, 5.41) is 10.4. The summed E-state index contributed by atoms with van der Waals surface area (Å²) < 4.78 is 0. The van der Waals surface area contributed by atoms with Crippen molar-refractivity contribution in [2.75, 3.05) is 7.05 Å². The molecule has 0 spiro atoms. The fourth-order valence-corrected chi connectivity index (χ4v) is 5.51. The molecule has 134 valence electrons. The quantitative estimate of drug-likeness (QED) is 0.767. The summed E-state index contributed by atoms with van der Waals surface area (Å²) in [6.45, 7) is 2.41. The molecule has 3 atom stereocenters. The summed E-state index contributed by atoms with van der Waals surface area (Å²) in [7, 11) is 2.29. The molecule has 2 aliphatic heterocycles. The monoisotopic (exact) mass is 344 g/mol. The Labute approximate surface area is 157 Å². The van der Waals surface area contributed by atoms with Gasteiger partial charge in [0.2, 0.25) is 0 Å². The van der Waals surface area contributed by atoms with Crippen molar-refractivity contribution in [3.63, 3.8) is 0 Å². The second-order valence-corrected chi connectivity index (χ2v) is 8.56. The van der Waals surface area contributed by atoms with Crippen LogP contribution in [0.25, 0.3) is 0 Å². The predicted molar refractivity (Wildman–Crippen MR) is 106 cm³/mol. The van der Waals surface area contributed by atoms with Gasteiger partial charge >= 0.3 is 0 Å². The number of hydrogen-bond acceptors (Lipinski definition) is 2. The molecule has 2 saturated heterocycles. The Hall–Kier alpha value is -2.11. The van der Waals surface area contributed by atoms with Gasteiger partial charge in [0.05, 0.1) is 6.07 Å². The molecule has 0 unspecified atom stereocenters. The molecule has 2 bridgehead atoms. The smallest absolute Gasteiger partial charge is 0.107 e. The predicted octanol–water partition coefficient (Wildman–Crippen LogP) is 5.15. The van der Waals surface area contributed by atoms with Gasteiger partial charge in [-0.15, -0.1) is 0 Å². The maximum atomic E-state index is 10.4. The van der Waals surface area contributed by atoms with Crippen LogP contribution in [-0.4, -0.2) is 23.5 Å². The Morgan fingerprint density at radius 3 is 2.15 bits per heavy atom. The van der Waals surface area contributed by atoms with E-state index in [9.17, 15) is 5.26 Å². The highest BCUT2D eigenvalue weighted by atomic mass is 15.2. The molecule has 0 amide bonds. The molecule has 0 N–H and O–H groups in total. The van der Waals surface area contributed by atoms with Gasteiger partial charge in [0.15, 0.2) is 0 Å². The molecule has 0 aromatic heterocycles. The zero-order chi connectivity index (χ0) is 18.2. The SMILES string of the molecule is CN1[C@@H]2CC[C@@]1(C)C[C@@H](CC(C#N)(c1ccccc1)c1ccccc1)C2. The van der Waals surface area contributed by atoms with Crippen molar-refractivity contribution in [3.05, 3.63) is 71.8 Å². The Balaban J connectivity index is 1.72. The number of benzene rings is 2. The van der Waals surface area contributed by atoms with Gasteiger partial charge in [-0.1, -0.05) is 60.7 Å². The summed E-state index contributed by atoms with van der Waals surface area (Å²) in [5.74, 6) is 0.587. The number of nitrogens with zero attached hydrogens (tertiary/aromatic N) is 2. The Bertz CT molecular complexity index is 752. The van der Waals surface area contributed by atoms with Gasteiger partial charge in [-0.25, -0.2) is 0 Å². The van der Waals surface area contributed by atoms with E-state index in [4.69, 9.17) is 0 Å². The van der Waals surface area contributed by atoms with Crippen LogP contribution < -0.4 is 0 Å². The highest BCUT2D eigenvalue weighted by Gasteiger charge is 2.49. The second kappa shape index (κ2) is 6.56. The first kappa shape index (κ1) is 17.3. The zero-order valence-corrected chi connectivity index (χ0v) is 15.9. The summed E-state index contributed by atoms with van der Waals surface area (Å²) in [6, 6.07) is 24.3. The molecule has 0 saturated carbocycles. The molecule has 2 nitrogen and oxygen atoms in total. The van der Waals surface area contributed by atoms with Gasteiger partial charge in [-0.05, 0) is 63.1 Å². The van der Waals surface area contributed by atoms with E-state index in [1.54, 1.807) is 0 Å². The normalized spacial score (nSPS) is 28.7. The van der Waals surface area contributed by atoms with Crippen molar-refractivity contribution in [2.45, 2.75) is 56.0 Å². The second-order valence-electron chi connectivity index (χ2n) is 8.56. The first-order valence-corrected chi connectivity index (χ1v) is 9.83. The molecule has 0 aliphatic carbocycles. The third-order valence-corrected chi connectivity index (χ3v) is 7.07. The first-order chi connectivity index (χ1) is 12.6. The number of rotatable bonds is 4. The first-order valence-electron chi connectivity index (χ1n) is 9.83. The van der Waals surface area contributed by atoms with E-state index < -0.39 is 5.41 Å². The van der Waals surface area contributed by atoms with Crippen LogP contribution in [0.5, 0.6) is 0 Å². The molecule has 2 aromatic rings. The fourth-order valence-electron chi connectivity index (χ4n) is 5.51. The van der Waals surface area contributed by atoms with Crippen molar-refractivity contribution in [3.8, 4) is 6.07 Å². The van der Waals surface area contributed by atoms with Gasteiger partial charge in [-0.2, -0.15) is 5.26 Å². The minimum absolute atomic E-state index is 0.308. The van der Waals surface area contributed by atoms with Gasteiger partial charge < -0.3 is 0 Å². The van der Waals surface area contributed by atoms with Crippen LogP contribution >= 0.6 is 0 Å². The van der Waals surface area contributed by atoms with Crippen LogP contribution in [0.3, 0.4) is 0 Å². The van der Waals surface area contributed by atoms with Crippen LogP contribution in [0.4, 0.5) is 0 Å². The maximum absolute atomic E-state index is 10.4. The molecule has 2 heterocycles. The topological polar surface area (TPSA) is 27.0 Å². The van der Waals surface area contributed by atoms with Crippen LogP contribution in [-0.2, 0) is 5.41 Å². The van der Waals surface area contributed by atoms with Gasteiger partial charge in [0, 0.05) is 11.6 Å². The Kier molecular flexibility index (Phi) is 4.37. The average Bonchev–Trinajstić information content (AvgIpc) is 2.85. The number of piperidine rings is 1. The molecular formula is C24H28N2. The number of hydrogen-bond donors (Lipinski definition) is 0. The number of nitriles is 1. The lowest BCUT2D eigenvalue weighted by molar-refractivity contribution is 0.0557. The van der Waals surface area contributed by atoms with Crippen molar-refractivity contribution in [1.82, 2.24) is 4.90 Å². The average molecular weight is 345 g/mol. The van der Waals surface area contributed by atoms with E-state index in [1.807, 2.05) is 12.1 Å². The third-order valence-electron chi connectivity index (χ3n) is 7.07. The number of fused-ring (bicyclic) bond motifs is 2. The lowest BCUT2D eigenvalue weighted by Gasteiger charge is -2.45. The van der Waals surface area contributed by atoms with Crippen LogP contribution in [0.15, 0.2) is 60.7 Å². The Morgan fingerprint density at radius 1 is 1.08 bits per heavy atom. The van der Waals surface area contributed by atoms with E-state index in [1.165, 1.54) is 25.7 Å². The molecule has 2 aliphatic rings. The molecule has 26 heavy (non-hydrogen) atoms. The lowest BCUT2D eigenvalue weighted by Crippen LogP contribution is -2.49. The van der Waals surface area contributed by atoms with Crippen LogP contribution in [0, 0.1) is 17.2 Å². The van der Waals surface area contributed by atoms with E-state index in [0.717, 1.165) is 17.5 Å². The maximum Gasteiger partial charge on any atom is 0.107 e. The Morgan fingerprint density at radius 2 is 1.65 bits per heavy atom. The minimum Gasteiger partial charge on any atom is -0.298 e. The zero-order valence-electron chi connectivity index (χ0n) is 15.9. The van der Waals surface area contributed by atoms with Crippen molar-refractivity contribution < 1.29 is 0 Å². The third kappa shape index (κ3) is 2.75. The van der Waals surface area contributed by atoms with Crippen molar-refractivity contribution in [1.29, 1.82) is 5.26 Å². The lowest BCUT2D eigenvalue weighted by atomic mass is 9.67. The van der Waals surface area contributed by atoms with E-state index >= 15 is 0 Å².